The third-order valence-corrected chi connectivity index (χ3v) is 3.91. The van der Waals surface area contributed by atoms with Gasteiger partial charge in [-0.1, -0.05) is 30.7 Å². The molecule has 1 fully saturated rings. The van der Waals surface area contributed by atoms with Crippen LogP contribution in [0.5, 0.6) is 0 Å². The van der Waals surface area contributed by atoms with Gasteiger partial charge in [-0.25, -0.2) is 0 Å². The van der Waals surface area contributed by atoms with Crippen molar-refractivity contribution < 1.29 is 4.74 Å². The highest BCUT2D eigenvalue weighted by Gasteiger charge is 2.09. The molecule has 1 aromatic rings. The SMILES string of the molecule is COCCCNCc1ccc(CN2CCCCC2)cc1. The first-order valence-electron chi connectivity index (χ1n) is 7.88. The van der Waals surface area contributed by atoms with Crippen LogP contribution in [0.3, 0.4) is 0 Å². The normalized spacial score (nSPS) is 16.4. The maximum atomic E-state index is 5.04. The fourth-order valence-corrected chi connectivity index (χ4v) is 2.71. The zero-order valence-electron chi connectivity index (χ0n) is 12.7. The Morgan fingerprint density at radius 3 is 2.45 bits per heavy atom. The molecule has 0 aromatic heterocycles. The van der Waals surface area contributed by atoms with Gasteiger partial charge in [-0.2, -0.15) is 0 Å². The number of likely N-dealkylation sites (tertiary alicyclic amines) is 1. The number of hydrogen-bond acceptors (Lipinski definition) is 3. The highest BCUT2D eigenvalue weighted by molar-refractivity contribution is 5.22. The van der Waals surface area contributed by atoms with Crippen LogP contribution in [0.2, 0.25) is 0 Å². The minimum absolute atomic E-state index is 0.835. The molecule has 0 unspecified atom stereocenters. The highest BCUT2D eigenvalue weighted by Crippen LogP contribution is 2.13. The van der Waals surface area contributed by atoms with Gasteiger partial charge in [0.2, 0.25) is 0 Å². The van der Waals surface area contributed by atoms with Crippen molar-refractivity contribution >= 4 is 0 Å². The molecule has 0 radical (unpaired) electrons. The first kappa shape index (κ1) is 15.5. The van der Waals surface area contributed by atoms with E-state index in [1.54, 1.807) is 7.11 Å². The highest BCUT2D eigenvalue weighted by atomic mass is 16.5. The van der Waals surface area contributed by atoms with Crippen molar-refractivity contribution in [1.82, 2.24) is 10.2 Å². The summed E-state index contributed by atoms with van der Waals surface area (Å²) in [5.74, 6) is 0. The van der Waals surface area contributed by atoms with Gasteiger partial charge in [-0.3, -0.25) is 4.90 Å². The van der Waals surface area contributed by atoms with E-state index in [1.807, 2.05) is 0 Å². The summed E-state index contributed by atoms with van der Waals surface area (Å²) < 4.78 is 5.04. The number of piperidine rings is 1. The van der Waals surface area contributed by atoms with Crippen LogP contribution < -0.4 is 5.32 Å². The van der Waals surface area contributed by atoms with Crippen LogP contribution in [0, 0.1) is 0 Å². The molecule has 0 saturated carbocycles. The van der Waals surface area contributed by atoms with Gasteiger partial charge in [0.1, 0.15) is 0 Å². The summed E-state index contributed by atoms with van der Waals surface area (Å²) >= 11 is 0. The van der Waals surface area contributed by atoms with E-state index in [1.165, 1.54) is 43.5 Å². The standard InChI is InChI=1S/C17H28N2O/c1-20-13-5-10-18-14-16-6-8-17(9-7-16)15-19-11-3-2-4-12-19/h6-9,18H,2-5,10-15H2,1H3. The Balaban J connectivity index is 1.69. The Labute approximate surface area is 123 Å². The lowest BCUT2D eigenvalue weighted by Crippen LogP contribution is -2.29. The summed E-state index contributed by atoms with van der Waals surface area (Å²) in [6, 6.07) is 9.06. The molecule has 1 aliphatic rings. The van der Waals surface area contributed by atoms with Crippen LogP contribution in [0.25, 0.3) is 0 Å². The molecule has 0 bridgehead atoms. The summed E-state index contributed by atoms with van der Waals surface area (Å²) in [6.45, 7) is 6.45. The van der Waals surface area contributed by atoms with Gasteiger partial charge in [0.05, 0.1) is 0 Å². The van der Waals surface area contributed by atoms with Gasteiger partial charge < -0.3 is 10.1 Å². The summed E-state index contributed by atoms with van der Waals surface area (Å²) in [7, 11) is 1.75. The van der Waals surface area contributed by atoms with Crippen molar-refractivity contribution in [3.8, 4) is 0 Å². The molecule has 1 heterocycles. The largest absolute Gasteiger partial charge is 0.385 e. The van der Waals surface area contributed by atoms with Crippen molar-refractivity contribution in [1.29, 1.82) is 0 Å². The van der Waals surface area contributed by atoms with E-state index in [4.69, 9.17) is 4.74 Å². The molecule has 1 N–H and O–H groups in total. The zero-order valence-corrected chi connectivity index (χ0v) is 12.7. The zero-order chi connectivity index (χ0) is 14.0. The monoisotopic (exact) mass is 276 g/mol. The third kappa shape index (κ3) is 5.61. The smallest absolute Gasteiger partial charge is 0.0474 e. The topological polar surface area (TPSA) is 24.5 Å². The molecule has 0 aliphatic carbocycles. The fourth-order valence-electron chi connectivity index (χ4n) is 2.71. The van der Waals surface area contributed by atoms with E-state index in [0.29, 0.717) is 0 Å². The van der Waals surface area contributed by atoms with E-state index in [9.17, 15) is 0 Å². The second-order valence-electron chi connectivity index (χ2n) is 5.68. The minimum Gasteiger partial charge on any atom is -0.385 e. The van der Waals surface area contributed by atoms with Crippen molar-refractivity contribution in [3.05, 3.63) is 35.4 Å². The quantitative estimate of drug-likeness (QED) is 0.739. The van der Waals surface area contributed by atoms with E-state index in [2.05, 4.69) is 34.5 Å². The first-order chi connectivity index (χ1) is 9.88. The average Bonchev–Trinajstić information content (AvgIpc) is 2.50. The van der Waals surface area contributed by atoms with Crippen LogP contribution in [-0.4, -0.2) is 38.3 Å². The van der Waals surface area contributed by atoms with Crippen LogP contribution in [-0.2, 0) is 17.8 Å². The minimum atomic E-state index is 0.835. The lowest BCUT2D eigenvalue weighted by molar-refractivity contribution is 0.194. The van der Waals surface area contributed by atoms with Crippen molar-refractivity contribution in [2.75, 3.05) is 33.4 Å². The Morgan fingerprint density at radius 2 is 1.75 bits per heavy atom. The lowest BCUT2D eigenvalue weighted by atomic mass is 10.1. The van der Waals surface area contributed by atoms with Crippen LogP contribution >= 0.6 is 0 Å². The molecular formula is C17H28N2O. The number of nitrogens with one attached hydrogen (secondary N) is 1. The first-order valence-corrected chi connectivity index (χ1v) is 7.88. The molecule has 3 heteroatoms. The summed E-state index contributed by atoms with van der Waals surface area (Å²) in [5.41, 5.74) is 2.81. The molecule has 0 spiro atoms. The third-order valence-electron chi connectivity index (χ3n) is 3.91. The fraction of sp³-hybridized carbons (Fsp3) is 0.647. The van der Waals surface area contributed by atoms with Crippen LogP contribution in [0.1, 0.15) is 36.8 Å². The second kappa shape index (κ2) is 9.11. The molecule has 1 aliphatic heterocycles. The number of hydrogen-bond donors (Lipinski definition) is 1. The Hall–Kier alpha value is -0.900. The van der Waals surface area contributed by atoms with E-state index in [-0.39, 0.29) is 0 Å². The molecular weight excluding hydrogens is 248 g/mol. The molecule has 20 heavy (non-hydrogen) atoms. The predicted octanol–water partition coefficient (Wildman–Crippen LogP) is 2.80. The number of nitrogens with zero attached hydrogens (tertiary/aromatic N) is 1. The van der Waals surface area contributed by atoms with Crippen molar-refractivity contribution in [2.24, 2.45) is 0 Å². The Bertz CT molecular complexity index is 358. The van der Waals surface area contributed by atoms with Gasteiger partial charge in [-0.15, -0.1) is 0 Å². The molecule has 1 aromatic carbocycles. The average molecular weight is 276 g/mol. The summed E-state index contributed by atoms with van der Waals surface area (Å²) in [5, 5.41) is 3.45. The molecule has 112 valence electrons. The molecule has 0 atom stereocenters. The van der Waals surface area contributed by atoms with Crippen molar-refractivity contribution in [2.45, 2.75) is 38.8 Å². The van der Waals surface area contributed by atoms with Crippen molar-refractivity contribution in [3.63, 3.8) is 0 Å². The summed E-state index contributed by atoms with van der Waals surface area (Å²) in [4.78, 5) is 2.57. The predicted molar refractivity (Wildman–Crippen MR) is 83.8 cm³/mol. The van der Waals surface area contributed by atoms with Crippen LogP contribution in [0.15, 0.2) is 24.3 Å². The van der Waals surface area contributed by atoms with E-state index < -0.39 is 0 Å². The molecule has 0 amide bonds. The maximum Gasteiger partial charge on any atom is 0.0474 e. The number of ether oxygens (including phenoxy) is 1. The van der Waals surface area contributed by atoms with Gasteiger partial charge in [0.25, 0.3) is 0 Å². The van der Waals surface area contributed by atoms with Gasteiger partial charge >= 0.3 is 0 Å². The molecule has 2 rings (SSSR count). The summed E-state index contributed by atoms with van der Waals surface area (Å²) in [6.07, 6.45) is 5.21. The maximum absolute atomic E-state index is 5.04. The molecule has 1 saturated heterocycles. The van der Waals surface area contributed by atoms with E-state index in [0.717, 1.165) is 32.7 Å². The Morgan fingerprint density at radius 1 is 1.05 bits per heavy atom. The van der Waals surface area contributed by atoms with Gasteiger partial charge in [-0.05, 0) is 50.0 Å². The Kier molecular flexibility index (Phi) is 7.06. The number of benzene rings is 1. The second-order valence-corrected chi connectivity index (χ2v) is 5.68. The lowest BCUT2D eigenvalue weighted by Gasteiger charge is -2.26. The van der Waals surface area contributed by atoms with Crippen LogP contribution in [0.4, 0.5) is 0 Å². The van der Waals surface area contributed by atoms with Gasteiger partial charge in [0, 0.05) is 26.8 Å². The number of rotatable bonds is 8. The van der Waals surface area contributed by atoms with Gasteiger partial charge in [0.15, 0.2) is 0 Å². The van der Waals surface area contributed by atoms with E-state index >= 15 is 0 Å². The number of methoxy groups -OCH3 is 1. The molecule has 3 nitrogen and oxygen atoms in total.